The molecule has 1 aliphatic heterocycles. The Balaban J connectivity index is 1.85. The van der Waals surface area contributed by atoms with Crippen molar-refractivity contribution in [1.29, 1.82) is 0 Å². The Bertz CT molecular complexity index is 696. The molecule has 0 radical (unpaired) electrons. The van der Waals surface area contributed by atoms with E-state index in [0.29, 0.717) is 17.4 Å². The average Bonchev–Trinajstić information content (AvgIpc) is 3.11. The molecule has 2 unspecified atom stereocenters. The minimum Gasteiger partial charge on any atom is -0.494 e. The number of anilines is 1. The summed E-state index contributed by atoms with van der Waals surface area (Å²) in [6, 6.07) is 3.23. The fourth-order valence-corrected chi connectivity index (χ4v) is 3.37. The summed E-state index contributed by atoms with van der Waals surface area (Å²) in [7, 11) is 1.46. The van der Waals surface area contributed by atoms with Crippen molar-refractivity contribution in [2.75, 3.05) is 19.5 Å². The van der Waals surface area contributed by atoms with Crippen LogP contribution in [0.2, 0.25) is 0 Å². The van der Waals surface area contributed by atoms with Gasteiger partial charge in [-0.05, 0) is 25.2 Å². The average molecular weight is 291 g/mol. The van der Waals surface area contributed by atoms with Gasteiger partial charge in [0.15, 0.2) is 11.6 Å². The van der Waals surface area contributed by atoms with E-state index >= 15 is 0 Å². The molecule has 6 heteroatoms. The van der Waals surface area contributed by atoms with Crippen LogP contribution >= 0.6 is 0 Å². The Kier molecular flexibility index (Phi) is 2.82. The number of ether oxygens (including phenoxy) is 2. The quantitative estimate of drug-likeness (QED) is 0.944. The van der Waals surface area contributed by atoms with Crippen molar-refractivity contribution in [3.8, 4) is 5.75 Å². The molecule has 2 heterocycles. The minimum atomic E-state index is -0.420. The molecule has 112 valence electrons. The molecule has 1 saturated heterocycles. The second-order valence-corrected chi connectivity index (χ2v) is 5.84. The SMILES string of the molecule is COc1cc2c(cc1F)nc(N)n2C1CCOC1C1CC1. The second-order valence-electron chi connectivity index (χ2n) is 5.84. The van der Waals surface area contributed by atoms with Crippen LogP contribution < -0.4 is 10.5 Å². The first kappa shape index (κ1) is 12.9. The van der Waals surface area contributed by atoms with Crippen LogP contribution in [0.15, 0.2) is 12.1 Å². The van der Waals surface area contributed by atoms with Crippen molar-refractivity contribution in [1.82, 2.24) is 9.55 Å². The van der Waals surface area contributed by atoms with Crippen molar-refractivity contribution in [3.63, 3.8) is 0 Å². The molecule has 2 aliphatic rings. The van der Waals surface area contributed by atoms with E-state index in [1.807, 2.05) is 4.57 Å². The number of imidazole rings is 1. The Labute approximate surface area is 121 Å². The number of fused-ring (bicyclic) bond motifs is 1. The number of methoxy groups -OCH3 is 1. The lowest BCUT2D eigenvalue weighted by Crippen LogP contribution is -2.23. The summed E-state index contributed by atoms with van der Waals surface area (Å²) < 4.78 is 26.8. The number of hydrogen-bond donors (Lipinski definition) is 1. The molecule has 0 bridgehead atoms. The topological polar surface area (TPSA) is 62.3 Å². The number of nitrogens with zero attached hydrogens (tertiary/aromatic N) is 2. The van der Waals surface area contributed by atoms with Crippen molar-refractivity contribution in [3.05, 3.63) is 17.9 Å². The summed E-state index contributed by atoms with van der Waals surface area (Å²) in [5.74, 6) is 0.831. The van der Waals surface area contributed by atoms with E-state index in [9.17, 15) is 4.39 Å². The van der Waals surface area contributed by atoms with E-state index < -0.39 is 5.82 Å². The van der Waals surface area contributed by atoms with Crippen molar-refractivity contribution in [2.24, 2.45) is 5.92 Å². The number of rotatable bonds is 3. The van der Waals surface area contributed by atoms with Crippen molar-refractivity contribution >= 4 is 17.0 Å². The zero-order valence-corrected chi connectivity index (χ0v) is 11.9. The third kappa shape index (κ3) is 1.97. The lowest BCUT2D eigenvalue weighted by atomic mass is 10.1. The largest absolute Gasteiger partial charge is 0.494 e. The number of hydrogen-bond acceptors (Lipinski definition) is 4. The van der Waals surface area contributed by atoms with Crippen LogP contribution in [0.1, 0.15) is 25.3 Å². The van der Waals surface area contributed by atoms with Gasteiger partial charge in [-0.1, -0.05) is 0 Å². The van der Waals surface area contributed by atoms with Crippen molar-refractivity contribution < 1.29 is 13.9 Å². The van der Waals surface area contributed by atoms with Crippen LogP contribution in [0.5, 0.6) is 5.75 Å². The summed E-state index contributed by atoms with van der Waals surface area (Å²) in [5, 5.41) is 0. The highest BCUT2D eigenvalue weighted by atomic mass is 19.1. The molecule has 1 aromatic carbocycles. The van der Waals surface area contributed by atoms with E-state index in [-0.39, 0.29) is 17.9 Å². The minimum absolute atomic E-state index is 0.178. The highest BCUT2D eigenvalue weighted by Gasteiger charge is 2.42. The van der Waals surface area contributed by atoms with E-state index in [1.165, 1.54) is 26.0 Å². The Morgan fingerprint density at radius 2 is 2.19 bits per heavy atom. The number of nitrogens with two attached hydrogens (primary N) is 1. The molecule has 2 aromatic rings. The molecular formula is C15H18FN3O2. The van der Waals surface area contributed by atoms with E-state index in [4.69, 9.17) is 15.2 Å². The van der Waals surface area contributed by atoms with Crippen LogP contribution in [-0.2, 0) is 4.74 Å². The first-order chi connectivity index (χ1) is 10.2. The smallest absolute Gasteiger partial charge is 0.201 e. The van der Waals surface area contributed by atoms with Gasteiger partial charge in [-0.3, -0.25) is 0 Å². The maximum atomic E-state index is 13.8. The number of aromatic nitrogens is 2. The first-order valence-corrected chi connectivity index (χ1v) is 7.31. The van der Waals surface area contributed by atoms with Gasteiger partial charge in [-0.25, -0.2) is 9.37 Å². The predicted molar refractivity (Wildman–Crippen MR) is 76.8 cm³/mol. The molecule has 21 heavy (non-hydrogen) atoms. The molecule has 1 saturated carbocycles. The Morgan fingerprint density at radius 1 is 1.38 bits per heavy atom. The van der Waals surface area contributed by atoms with Gasteiger partial charge in [0.05, 0.1) is 30.3 Å². The van der Waals surface area contributed by atoms with Crippen LogP contribution in [0.25, 0.3) is 11.0 Å². The molecule has 5 nitrogen and oxygen atoms in total. The third-order valence-electron chi connectivity index (χ3n) is 4.51. The van der Waals surface area contributed by atoms with Gasteiger partial charge < -0.3 is 19.8 Å². The maximum absolute atomic E-state index is 13.8. The normalized spacial score (nSPS) is 25.6. The lowest BCUT2D eigenvalue weighted by molar-refractivity contribution is 0.0762. The van der Waals surface area contributed by atoms with Gasteiger partial charge in [0, 0.05) is 18.7 Å². The monoisotopic (exact) mass is 291 g/mol. The second kappa shape index (κ2) is 4.59. The summed E-state index contributed by atoms with van der Waals surface area (Å²) >= 11 is 0. The van der Waals surface area contributed by atoms with Crippen LogP contribution in [0.3, 0.4) is 0 Å². The number of halogens is 1. The summed E-state index contributed by atoms with van der Waals surface area (Å²) in [4.78, 5) is 4.30. The predicted octanol–water partition coefficient (Wildman–Crippen LogP) is 2.51. The fraction of sp³-hybridized carbons (Fsp3) is 0.533. The molecule has 2 atom stereocenters. The Hall–Kier alpha value is -1.82. The molecule has 2 fully saturated rings. The third-order valence-corrected chi connectivity index (χ3v) is 4.51. The Morgan fingerprint density at radius 3 is 2.90 bits per heavy atom. The summed E-state index contributed by atoms with van der Waals surface area (Å²) in [6.45, 7) is 0.739. The molecule has 0 spiro atoms. The van der Waals surface area contributed by atoms with Crippen molar-refractivity contribution in [2.45, 2.75) is 31.4 Å². The van der Waals surface area contributed by atoms with Gasteiger partial charge in [0.2, 0.25) is 5.95 Å². The maximum Gasteiger partial charge on any atom is 0.201 e. The lowest BCUT2D eigenvalue weighted by Gasteiger charge is -2.21. The van der Waals surface area contributed by atoms with Gasteiger partial charge in [-0.2, -0.15) is 0 Å². The fourth-order valence-electron chi connectivity index (χ4n) is 3.37. The first-order valence-electron chi connectivity index (χ1n) is 7.31. The van der Waals surface area contributed by atoms with Gasteiger partial charge >= 0.3 is 0 Å². The molecule has 0 amide bonds. The van der Waals surface area contributed by atoms with Gasteiger partial charge in [-0.15, -0.1) is 0 Å². The molecular weight excluding hydrogens is 273 g/mol. The molecule has 2 N–H and O–H groups in total. The van der Waals surface area contributed by atoms with E-state index in [0.717, 1.165) is 18.5 Å². The zero-order chi connectivity index (χ0) is 14.6. The van der Waals surface area contributed by atoms with Crippen LogP contribution in [0, 0.1) is 11.7 Å². The standard InChI is InChI=1S/C15H18FN3O2/c1-20-13-7-12-10(6-9(13)16)18-15(17)19(12)11-4-5-21-14(11)8-2-3-8/h6-8,11,14H,2-5H2,1H3,(H2,17,18). The van der Waals surface area contributed by atoms with Gasteiger partial charge in [0.1, 0.15) is 0 Å². The summed E-state index contributed by atoms with van der Waals surface area (Å²) in [5.41, 5.74) is 7.46. The van der Waals surface area contributed by atoms with Crippen LogP contribution in [-0.4, -0.2) is 29.4 Å². The molecule has 1 aromatic heterocycles. The van der Waals surface area contributed by atoms with E-state index in [1.54, 1.807) is 6.07 Å². The highest BCUT2D eigenvalue weighted by molar-refractivity contribution is 5.80. The molecule has 1 aliphatic carbocycles. The van der Waals surface area contributed by atoms with E-state index in [2.05, 4.69) is 4.98 Å². The summed E-state index contributed by atoms with van der Waals surface area (Å²) in [6.07, 6.45) is 3.54. The highest BCUT2D eigenvalue weighted by Crippen LogP contribution is 2.45. The molecule has 4 rings (SSSR count). The number of nitrogen functional groups attached to an aromatic ring is 1. The number of benzene rings is 1. The van der Waals surface area contributed by atoms with Gasteiger partial charge in [0.25, 0.3) is 0 Å². The zero-order valence-electron chi connectivity index (χ0n) is 11.9. The van der Waals surface area contributed by atoms with Crippen LogP contribution in [0.4, 0.5) is 10.3 Å².